The Morgan fingerprint density at radius 2 is 0.830 bits per heavy atom. The Hall–Kier alpha value is -2.72. The van der Waals surface area contributed by atoms with E-state index in [1.165, 1.54) is 87.0 Å². The summed E-state index contributed by atoms with van der Waals surface area (Å²) in [5.74, 6) is -14.4. The number of halogens is 6. The van der Waals surface area contributed by atoms with E-state index in [4.69, 9.17) is 9.47 Å². The van der Waals surface area contributed by atoms with Crippen LogP contribution >= 0.6 is 23.5 Å². The topological polar surface area (TPSA) is 18.5 Å². The summed E-state index contributed by atoms with van der Waals surface area (Å²) in [5.41, 5.74) is -1.51. The zero-order valence-corrected chi connectivity index (χ0v) is 32.7. The molecule has 2 aromatic carbocycles. The molecule has 0 N–H and O–H groups in total. The molecule has 1 fully saturated rings. The highest BCUT2D eigenvalue weighted by atomic mass is 32.2. The zero-order chi connectivity index (χ0) is 38.1. The first-order valence-electron chi connectivity index (χ1n) is 19.1. The molecule has 0 saturated heterocycles. The first kappa shape index (κ1) is 40.0. The molecule has 0 amide bonds. The summed E-state index contributed by atoms with van der Waals surface area (Å²) in [4.78, 5) is 1.10. The monoisotopic (exact) mass is 776 g/mol. The van der Waals surface area contributed by atoms with Gasteiger partial charge >= 0.3 is 17.8 Å². The average Bonchev–Trinajstić information content (AvgIpc) is 3.71. The lowest BCUT2D eigenvalue weighted by Gasteiger charge is -2.47. The van der Waals surface area contributed by atoms with Gasteiger partial charge in [0.05, 0.1) is 22.7 Å². The van der Waals surface area contributed by atoms with Gasteiger partial charge in [-0.3, -0.25) is 0 Å². The van der Waals surface area contributed by atoms with Crippen LogP contribution in [0.15, 0.2) is 83.0 Å². The molecule has 0 unspecified atom stereocenters. The van der Waals surface area contributed by atoms with Gasteiger partial charge in [0, 0.05) is 21.0 Å². The third-order valence-electron chi connectivity index (χ3n) is 11.1. The number of hydrogen-bond donors (Lipinski definition) is 0. The normalized spacial score (nSPS) is 24.9. The molecule has 53 heavy (non-hydrogen) atoms. The van der Waals surface area contributed by atoms with Crippen molar-refractivity contribution in [1.29, 1.82) is 0 Å². The molecule has 0 bridgehead atoms. The van der Waals surface area contributed by atoms with Crippen LogP contribution in [-0.4, -0.2) is 40.5 Å². The van der Waals surface area contributed by atoms with Crippen molar-refractivity contribution in [3.8, 4) is 11.5 Å². The Kier molecular flexibility index (Phi) is 11.9. The highest BCUT2D eigenvalue weighted by molar-refractivity contribution is 8.14. The first-order valence-corrected chi connectivity index (χ1v) is 20.8. The minimum Gasteiger partial charge on any atom is -0.494 e. The van der Waals surface area contributed by atoms with Crippen molar-refractivity contribution in [3.05, 3.63) is 94.1 Å². The quantitative estimate of drug-likeness (QED) is 0.111. The molecule has 2 aliphatic carbocycles. The molecule has 4 aliphatic rings. The van der Waals surface area contributed by atoms with E-state index in [9.17, 15) is 0 Å². The largest absolute Gasteiger partial charge is 0.494 e. The summed E-state index contributed by atoms with van der Waals surface area (Å²) in [6, 6.07) is 14.4. The Morgan fingerprint density at radius 1 is 0.491 bits per heavy atom. The Bertz CT molecular complexity index is 1630. The van der Waals surface area contributed by atoms with Gasteiger partial charge in [0.15, 0.2) is 0 Å². The molecule has 1 saturated carbocycles. The minimum absolute atomic E-state index is 0.176. The molecule has 2 atom stereocenters. The van der Waals surface area contributed by atoms with E-state index < -0.39 is 38.4 Å². The number of fused-ring (bicyclic) bond motifs is 4. The van der Waals surface area contributed by atoms with Crippen LogP contribution in [-0.2, 0) is 0 Å². The van der Waals surface area contributed by atoms with E-state index in [1.54, 1.807) is 62.4 Å². The van der Waals surface area contributed by atoms with Crippen LogP contribution in [0.3, 0.4) is 0 Å². The van der Waals surface area contributed by atoms with Crippen molar-refractivity contribution in [3.63, 3.8) is 0 Å². The van der Waals surface area contributed by atoms with Crippen molar-refractivity contribution in [2.75, 3.05) is 13.2 Å². The van der Waals surface area contributed by atoms with Gasteiger partial charge in [0.2, 0.25) is 0 Å². The molecule has 2 aromatic rings. The van der Waals surface area contributed by atoms with Gasteiger partial charge < -0.3 is 9.47 Å². The maximum Gasteiger partial charge on any atom is 0.380 e. The fourth-order valence-electron chi connectivity index (χ4n) is 7.77. The van der Waals surface area contributed by atoms with Crippen LogP contribution in [0.1, 0.15) is 116 Å². The molecule has 6 rings (SSSR count). The van der Waals surface area contributed by atoms with Crippen molar-refractivity contribution in [2.24, 2.45) is 0 Å². The fraction of sp³-hybridized carbons (Fsp3) is 0.535. The molecule has 288 valence electrons. The van der Waals surface area contributed by atoms with Crippen molar-refractivity contribution in [1.82, 2.24) is 0 Å². The van der Waals surface area contributed by atoms with Crippen molar-refractivity contribution in [2.45, 2.75) is 132 Å². The van der Waals surface area contributed by atoms with Crippen molar-refractivity contribution >= 4 is 33.3 Å². The number of alkyl halides is 6. The number of benzene rings is 2. The number of hydrogen-bond acceptors (Lipinski definition) is 4. The van der Waals surface area contributed by atoms with Crippen LogP contribution in [0.25, 0.3) is 9.81 Å². The van der Waals surface area contributed by atoms with Gasteiger partial charge in [-0.2, -0.15) is 26.3 Å². The molecule has 10 heteroatoms. The second-order valence-electron chi connectivity index (χ2n) is 14.9. The number of rotatable bonds is 18. The van der Waals surface area contributed by atoms with E-state index in [-0.39, 0.29) is 11.1 Å². The van der Waals surface area contributed by atoms with Crippen LogP contribution in [0.5, 0.6) is 11.5 Å². The van der Waals surface area contributed by atoms with Crippen LogP contribution in [0, 0.1) is 0 Å². The number of unbranched alkanes of at least 4 members (excludes halogenated alkanes) is 10. The Labute approximate surface area is 318 Å². The average molecular weight is 777 g/mol. The summed E-state index contributed by atoms with van der Waals surface area (Å²) in [5, 5.41) is 0. The zero-order valence-electron chi connectivity index (χ0n) is 31.1. The molecular weight excluding hydrogens is 727 g/mol. The van der Waals surface area contributed by atoms with Gasteiger partial charge in [-0.25, -0.2) is 0 Å². The molecule has 2 nitrogen and oxygen atoms in total. The molecule has 0 spiro atoms. The molecule has 2 heterocycles. The molecule has 2 aliphatic heterocycles. The molecule has 0 radical (unpaired) electrons. The van der Waals surface area contributed by atoms with Gasteiger partial charge in [0.1, 0.15) is 11.5 Å². The maximum atomic E-state index is 15.8. The summed E-state index contributed by atoms with van der Waals surface area (Å²) >= 11 is 2.52. The van der Waals surface area contributed by atoms with Crippen LogP contribution in [0.2, 0.25) is 0 Å². The lowest BCUT2D eigenvalue weighted by molar-refractivity contribution is -0.258. The van der Waals surface area contributed by atoms with E-state index in [2.05, 4.69) is 13.8 Å². The maximum absolute atomic E-state index is 15.8. The van der Waals surface area contributed by atoms with Crippen LogP contribution in [0.4, 0.5) is 26.3 Å². The predicted molar refractivity (Wildman–Crippen MR) is 207 cm³/mol. The third kappa shape index (κ3) is 7.13. The Morgan fingerprint density at radius 3 is 1.19 bits per heavy atom. The lowest BCUT2D eigenvalue weighted by Crippen LogP contribution is -2.48. The summed E-state index contributed by atoms with van der Waals surface area (Å²) < 4.78 is 103. The van der Waals surface area contributed by atoms with E-state index in [0.29, 0.717) is 45.6 Å². The van der Waals surface area contributed by atoms with Gasteiger partial charge in [0.25, 0.3) is 0 Å². The molecular formula is C43H50F6O2S2. The summed E-state index contributed by atoms with van der Waals surface area (Å²) in [7, 11) is 0. The third-order valence-corrected chi connectivity index (χ3v) is 14.5. The number of ether oxygens (including phenoxy) is 2. The number of thioether (sulfide) groups is 2. The van der Waals surface area contributed by atoms with Gasteiger partial charge in [-0.1, -0.05) is 102 Å². The second-order valence-corrected chi connectivity index (χ2v) is 17.8. The fourth-order valence-corrected chi connectivity index (χ4v) is 10.9. The molecule has 0 aromatic heterocycles. The van der Waals surface area contributed by atoms with Gasteiger partial charge in [-0.15, -0.1) is 23.5 Å². The van der Waals surface area contributed by atoms with Gasteiger partial charge in [-0.05, 0) is 85.4 Å². The highest BCUT2D eigenvalue weighted by Crippen LogP contribution is 2.75. The Balaban J connectivity index is 1.26. The minimum atomic E-state index is -5.59. The predicted octanol–water partition coefficient (Wildman–Crippen LogP) is 14.1. The SMILES string of the molecule is CCCCCCCCOc1ccc(C2=CC3=C4C(=C5C=C(c6ccc(OCCCCCCCC)cc6)S[C@@]5(C)[C@]3(C)S2)C(F)(F)C(F)(F)C4(F)F)cc1. The first-order chi connectivity index (χ1) is 25.2. The lowest BCUT2D eigenvalue weighted by atomic mass is 9.71. The number of allylic oxidation sites excluding steroid dienone is 4. The van der Waals surface area contributed by atoms with E-state index >= 15 is 26.3 Å². The van der Waals surface area contributed by atoms with E-state index in [1.807, 2.05) is 0 Å². The standard InChI is InChI=1S/C43H50F6O2S2/c1-5-7-9-11-13-15-25-50-31-21-17-29(18-22-31)35-27-33-37-38(42(46,47)43(48,49)41(37,44)45)34-28-36(53-40(34,4)39(33,3)52-35)30-19-23-32(24-20-30)51-26-16-14-12-10-8-6-2/h17-24,27-28H,5-16,25-26H2,1-4H3/t39-,40-/m1/s1. The van der Waals surface area contributed by atoms with Crippen molar-refractivity contribution < 1.29 is 35.8 Å². The highest BCUT2D eigenvalue weighted by Gasteiger charge is 2.84. The van der Waals surface area contributed by atoms with E-state index in [0.717, 1.165) is 25.7 Å². The van der Waals surface area contributed by atoms with Crippen LogP contribution < -0.4 is 9.47 Å². The summed E-state index contributed by atoms with van der Waals surface area (Å²) in [6.45, 7) is 8.94. The smallest absolute Gasteiger partial charge is 0.380 e. The summed E-state index contributed by atoms with van der Waals surface area (Å²) in [6.07, 6.45) is 16.5. The second kappa shape index (κ2) is 15.8.